The minimum Gasteiger partial charge on any atom is -0.371 e. The molecule has 1 aromatic carbocycles. The maximum absolute atomic E-state index is 13.0. The molecule has 0 radical (unpaired) electrons. The topological polar surface area (TPSA) is 68.4 Å². The maximum atomic E-state index is 13.0. The Morgan fingerprint density at radius 3 is 2.69 bits per heavy atom. The Kier molecular flexibility index (Phi) is 5.78. The fraction of sp³-hybridized carbons (Fsp3) is 0.458. The molecule has 0 saturated carbocycles. The number of nitrogens with zero attached hydrogens (tertiary/aromatic N) is 5. The first-order valence-electron chi connectivity index (χ1n) is 11.3. The number of likely N-dealkylation sites (tertiary alicyclic amines) is 1. The van der Waals surface area contributed by atoms with E-state index in [0.717, 1.165) is 73.6 Å². The van der Waals surface area contributed by atoms with Gasteiger partial charge in [-0.1, -0.05) is 11.6 Å². The summed E-state index contributed by atoms with van der Waals surface area (Å²) in [5, 5.41) is 0.662. The summed E-state index contributed by atoms with van der Waals surface area (Å²) in [4.78, 5) is 31.8. The van der Waals surface area contributed by atoms with Crippen molar-refractivity contribution in [2.45, 2.75) is 25.3 Å². The van der Waals surface area contributed by atoms with Gasteiger partial charge in [-0.2, -0.15) is 0 Å². The van der Waals surface area contributed by atoms with E-state index in [1.165, 1.54) is 0 Å². The molecule has 0 bridgehead atoms. The third-order valence-electron chi connectivity index (χ3n) is 6.91. The van der Waals surface area contributed by atoms with E-state index in [-0.39, 0.29) is 5.92 Å². The number of anilines is 1. The monoisotopic (exact) mass is 452 g/mol. The lowest BCUT2D eigenvalue weighted by atomic mass is 9.95. The van der Waals surface area contributed by atoms with Gasteiger partial charge in [0.1, 0.15) is 11.3 Å². The molecule has 2 aliphatic rings. The van der Waals surface area contributed by atoms with Gasteiger partial charge in [-0.15, -0.1) is 0 Å². The van der Waals surface area contributed by atoms with E-state index in [4.69, 9.17) is 11.6 Å². The van der Waals surface area contributed by atoms with Gasteiger partial charge >= 0.3 is 0 Å². The largest absolute Gasteiger partial charge is 0.371 e. The third kappa shape index (κ3) is 4.07. The van der Waals surface area contributed by atoms with Crippen molar-refractivity contribution in [3.63, 3.8) is 0 Å². The van der Waals surface area contributed by atoms with Crippen LogP contribution in [-0.2, 0) is 4.79 Å². The number of likely N-dealkylation sites (N-methyl/N-ethyl adjacent to an activating group) is 1. The Morgan fingerprint density at radius 1 is 1.16 bits per heavy atom. The third-order valence-corrected chi connectivity index (χ3v) is 7.23. The van der Waals surface area contributed by atoms with Crippen LogP contribution < -0.4 is 4.90 Å². The van der Waals surface area contributed by atoms with Gasteiger partial charge in [-0.05, 0) is 57.6 Å². The Labute approximate surface area is 193 Å². The molecular formula is C24H29ClN6O. The normalized spacial score (nSPS) is 19.9. The van der Waals surface area contributed by atoms with Crippen LogP contribution in [0.1, 0.15) is 19.3 Å². The van der Waals surface area contributed by atoms with Crippen LogP contribution in [0.4, 0.5) is 5.69 Å². The zero-order valence-electron chi connectivity index (χ0n) is 18.6. The van der Waals surface area contributed by atoms with Gasteiger partial charge < -0.3 is 19.7 Å². The molecule has 2 aromatic heterocycles. The molecule has 32 heavy (non-hydrogen) atoms. The number of hydrogen-bond donors (Lipinski definition) is 1. The predicted molar refractivity (Wildman–Crippen MR) is 128 cm³/mol. The fourth-order valence-corrected chi connectivity index (χ4v) is 5.09. The minimum absolute atomic E-state index is 0.127. The summed E-state index contributed by atoms with van der Waals surface area (Å²) in [7, 11) is 4.19. The van der Waals surface area contributed by atoms with Crippen molar-refractivity contribution in [1.29, 1.82) is 0 Å². The molecule has 4 heterocycles. The van der Waals surface area contributed by atoms with E-state index in [2.05, 4.69) is 55.9 Å². The first kappa shape index (κ1) is 21.2. The number of hydrogen-bond acceptors (Lipinski definition) is 5. The lowest BCUT2D eigenvalue weighted by Crippen LogP contribution is -2.43. The molecule has 8 heteroatoms. The summed E-state index contributed by atoms with van der Waals surface area (Å²) in [6.45, 7) is 3.48. The molecule has 1 atom stereocenters. The lowest BCUT2D eigenvalue weighted by molar-refractivity contribution is -0.135. The van der Waals surface area contributed by atoms with Gasteiger partial charge in [0, 0.05) is 55.6 Å². The molecular weight excluding hydrogens is 424 g/mol. The average molecular weight is 453 g/mol. The highest BCUT2D eigenvalue weighted by atomic mass is 35.5. The van der Waals surface area contributed by atoms with Crippen molar-refractivity contribution in [3.05, 3.63) is 41.7 Å². The number of aromatic nitrogens is 3. The number of imidazole rings is 1. The number of H-pyrrole nitrogens is 1. The van der Waals surface area contributed by atoms with Crippen LogP contribution in [0.3, 0.4) is 0 Å². The van der Waals surface area contributed by atoms with Gasteiger partial charge in [0.05, 0.1) is 16.7 Å². The molecule has 1 N–H and O–H groups in total. The Hall–Kier alpha value is -2.64. The summed E-state index contributed by atoms with van der Waals surface area (Å²) in [6.07, 6.45) is 6.34. The summed E-state index contributed by atoms with van der Waals surface area (Å²) in [5.74, 6) is 1.21. The first-order valence-corrected chi connectivity index (χ1v) is 11.7. The van der Waals surface area contributed by atoms with Crippen LogP contribution >= 0.6 is 11.6 Å². The number of carbonyl (C=O) groups is 1. The van der Waals surface area contributed by atoms with E-state index < -0.39 is 0 Å². The summed E-state index contributed by atoms with van der Waals surface area (Å²) >= 11 is 6.52. The van der Waals surface area contributed by atoms with E-state index in [1.807, 2.05) is 12.1 Å². The average Bonchev–Trinajstić information content (AvgIpc) is 3.47. The number of rotatable bonds is 4. The highest BCUT2D eigenvalue weighted by Gasteiger charge is 2.33. The fourth-order valence-electron chi connectivity index (χ4n) is 4.88. The molecule has 3 aromatic rings. The summed E-state index contributed by atoms with van der Waals surface area (Å²) < 4.78 is 0. The van der Waals surface area contributed by atoms with E-state index >= 15 is 0 Å². The number of halogens is 1. The number of piperidine rings is 1. The van der Waals surface area contributed by atoms with Gasteiger partial charge in [-0.25, -0.2) is 4.98 Å². The molecule has 0 spiro atoms. The molecule has 5 rings (SSSR count). The second-order valence-corrected chi connectivity index (χ2v) is 9.50. The van der Waals surface area contributed by atoms with Crippen molar-refractivity contribution in [1.82, 2.24) is 24.8 Å². The number of amides is 1. The van der Waals surface area contributed by atoms with Crippen molar-refractivity contribution in [2.75, 3.05) is 45.2 Å². The van der Waals surface area contributed by atoms with E-state index in [1.54, 1.807) is 12.4 Å². The molecule has 2 saturated heterocycles. The lowest BCUT2D eigenvalue weighted by Gasteiger charge is -2.35. The maximum Gasteiger partial charge on any atom is 0.225 e. The van der Waals surface area contributed by atoms with Crippen molar-refractivity contribution in [2.24, 2.45) is 5.92 Å². The molecule has 1 unspecified atom stereocenters. The smallest absolute Gasteiger partial charge is 0.225 e. The van der Waals surface area contributed by atoms with Crippen molar-refractivity contribution < 1.29 is 4.79 Å². The highest BCUT2D eigenvalue weighted by Crippen LogP contribution is 2.33. The SMILES string of the molecule is CN(C)C1CCN(C(=O)C2CCN(c3ccc(Cl)c(-c4nc5cnccc5[nH]4)c3)CC2)C1. The quantitative estimate of drug-likeness (QED) is 0.654. The second kappa shape index (κ2) is 8.71. The molecule has 7 nitrogen and oxygen atoms in total. The van der Waals surface area contributed by atoms with Crippen LogP contribution in [-0.4, -0.2) is 77.0 Å². The number of nitrogens with one attached hydrogen (secondary N) is 1. The Balaban J connectivity index is 1.27. The summed E-state index contributed by atoms with van der Waals surface area (Å²) in [6, 6.07) is 8.48. The Bertz CT molecular complexity index is 1090. The second-order valence-electron chi connectivity index (χ2n) is 9.09. The zero-order chi connectivity index (χ0) is 22.2. The van der Waals surface area contributed by atoms with E-state index in [9.17, 15) is 4.79 Å². The van der Waals surface area contributed by atoms with Crippen LogP contribution in [0.2, 0.25) is 5.02 Å². The van der Waals surface area contributed by atoms with Gasteiger partial charge in [-0.3, -0.25) is 9.78 Å². The van der Waals surface area contributed by atoms with Crippen molar-refractivity contribution >= 4 is 34.2 Å². The molecule has 2 aliphatic heterocycles. The minimum atomic E-state index is 0.127. The number of carbonyl (C=O) groups excluding carboxylic acids is 1. The standard InChI is InChI=1S/C24H29ClN6O/c1-29(2)18-8-12-31(15-18)24(32)16-6-10-30(11-7-16)17-3-4-20(25)19(13-17)23-27-21-5-9-26-14-22(21)28-23/h3-5,9,13-14,16,18H,6-8,10-12,15H2,1-2H3,(H,27,28). The van der Waals surface area contributed by atoms with Crippen LogP contribution in [0, 0.1) is 5.92 Å². The van der Waals surface area contributed by atoms with Gasteiger partial charge in [0.15, 0.2) is 0 Å². The number of fused-ring (bicyclic) bond motifs is 1. The van der Waals surface area contributed by atoms with E-state index in [0.29, 0.717) is 17.0 Å². The predicted octanol–water partition coefficient (Wildman–Crippen LogP) is 3.66. The van der Waals surface area contributed by atoms with Gasteiger partial charge in [0.25, 0.3) is 0 Å². The molecule has 0 aliphatic carbocycles. The Morgan fingerprint density at radius 2 is 1.97 bits per heavy atom. The van der Waals surface area contributed by atoms with Gasteiger partial charge in [0.2, 0.25) is 5.91 Å². The molecule has 168 valence electrons. The highest BCUT2D eigenvalue weighted by molar-refractivity contribution is 6.33. The van der Waals surface area contributed by atoms with Crippen LogP contribution in [0.15, 0.2) is 36.7 Å². The van der Waals surface area contributed by atoms with Crippen LogP contribution in [0.25, 0.3) is 22.4 Å². The number of benzene rings is 1. The van der Waals surface area contributed by atoms with Crippen molar-refractivity contribution in [3.8, 4) is 11.4 Å². The molecule has 2 fully saturated rings. The molecule has 1 amide bonds. The van der Waals surface area contributed by atoms with Crippen LogP contribution in [0.5, 0.6) is 0 Å². The first-order chi connectivity index (χ1) is 15.5. The number of aromatic amines is 1. The summed E-state index contributed by atoms with van der Waals surface area (Å²) in [5.41, 5.74) is 3.75. The zero-order valence-corrected chi connectivity index (χ0v) is 19.3. The number of pyridine rings is 1.